The predicted molar refractivity (Wildman–Crippen MR) is 74.1 cm³/mol. The van der Waals surface area contributed by atoms with Crippen LogP contribution in [0, 0.1) is 11.3 Å². The van der Waals surface area contributed by atoms with Gasteiger partial charge in [-0.2, -0.15) is 8.42 Å². The third-order valence-corrected chi connectivity index (χ3v) is 6.55. The highest BCUT2D eigenvalue weighted by molar-refractivity contribution is 7.87. The fraction of sp³-hybridized carbons (Fsp3) is 0.714. The lowest BCUT2D eigenvalue weighted by atomic mass is 9.82. The summed E-state index contributed by atoms with van der Waals surface area (Å²) in [5.74, 6) is -1.50. The Hall–Kier alpha value is -1.41. The van der Waals surface area contributed by atoms with Gasteiger partial charge in [-0.05, 0) is 19.8 Å². The van der Waals surface area contributed by atoms with Crippen LogP contribution in [0.2, 0.25) is 0 Å². The molecule has 1 heterocycles. The van der Waals surface area contributed by atoms with Gasteiger partial charge in [0.2, 0.25) is 0 Å². The molecule has 7 nitrogen and oxygen atoms in total. The Morgan fingerprint density at radius 1 is 1.36 bits per heavy atom. The summed E-state index contributed by atoms with van der Waals surface area (Å²) in [6.45, 7) is 6.27. The van der Waals surface area contributed by atoms with Crippen molar-refractivity contribution in [3.8, 4) is 0 Å². The van der Waals surface area contributed by atoms with Gasteiger partial charge in [0.15, 0.2) is 6.61 Å². The van der Waals surface area contributed by atoms with Crippen molar-refractivity contribution in [2.45, 2.75) is 44.1 Å². The van der Waals surface area contributed by atoms with E-state index in [9.17, 15) is 18.0 Å². The van der Waals surface area contributed by atoms with Crippen LogP contribution in [0.4, 0.5) is 0 Å². The number of esters is 2. The van der Waals surface area contributed by atoms with E-state index in [0.29, 0.717) is 12.8 Å². The lowest BCUT2D eigenvalue weighted by Crippen LogP contribution is -2.43. The Labute approximate surface area is 128 Å². The molecule has 122 valence electrons. The number of ether oxygens (including phenoxy) is 2. The fourth-order valence-electron chi connectivity index (χ4n) is 3.84. The van der Waals surface area contributed by atoms with E-state index in [-0.39, 0.29) is 11.5 Å². The molecule has 2 bridgehead atoms. The third-order valence-electron chi connectivity index (χ3n) is 4.80. The lowest BCUT2D eigenvalue weighted by Gasteiger charge is -2.32. The maximum atomic E-state index is 11.9. The van der Waals surface area contributed by atoms with Gasteiger partial charge >= 0.3 is 11.9 Å². The highest BCUT2D eigenvalue weighted by atomic mass is 32.2. The molecule has 22 heavy (non-hydrogen) atoms. The summed E-state index contributed by atoms with van der Waals surface area (Å²) in [6.07, 6.45) is -0.151. The second-order valence-corrected chi connectivity index (χ2v) is 8.37. The predicted octanol–water partition coefficient (Wildman–Crippen LogP) is 0.545. The molecule has 3 fully saturated rings. The molecule has 2 aliphatic carbocycles. The zero-order valence-electron chi connectivity index (χ0n) is 12.4. The standard InChI is InChI=1S/C14H18O7S/c1-7(2)13(16)19-6-10(15)20-12-11-8-4-14(12,3)5-9(8)22(17,18)21-11/h8-9,11-12H,1,4-6H2,2-3H3. The SMILES string of the molecule is C=C(C)C(=O)OCC(=O)OC1C2OS(=O)(=O)C3CC1(C)CC23. The van der Waals surface area contributed by atoms with Crippen molar-refractivity contribution in [3.63, 3.8) is 0 Å². The van der Waals surface area contributed by atoms with E-state index in [2.05, 4.69) is 6.58 Å². The maximum absolute atomic E-state index is 11.9. The lowest BCUT2D eigenvalue weighted by molar-refractivity contribution is -0.169. The topological polar surface area (TPSA) is 96.0 Å². The first-order valence-corrected chi connectivity index (χ1v) is 8.55. The number of hydrogen-bond acceptors (Lipinski definition) is 7. The van der Waals surface area contributed by atoms with Gasteiger partial charge in [-0.1, -0.05) is 13.5 Å². The summed E-state index contributed by atoms with van der Waals surface area (Å²) in [4.78, 5) is 23.1. The molecule has 0 radical (unpaired) electrons. The van der Waals surface area contributed by atoms with Gasteiger partial charge in [0, 0.05) is 16.9 Å². The van der Waals surface area contributed by atoms with Crippen molar-refractivity contribution in [1.29, 1.82) is 0 Å². The highest BCUT2D eigenvalue weighted by Crippen LogP contribution is 2.62. The quantitative estimate of drug-likeness (QED) is 0.422. The summed E-state index contributed by atoms with van der Waals surface area (Å²) >= 11 is 0. The van der Waals surface area contributed by atoms with Gasteiger partial charge in [-0.3, -0.25) is 4.18 Å². The van der Waals surface area contributed by atoms with E-state index >= 15 is 0 Å². The fourth-order valence-corrected chi connectivity index (χ4v) is 5.80. The average molecular weight is 330 g/mol. The minimum absolute atomic E-state index is 0.120. The van der Waals surface area contributed by atoms with Crippen LogP contribution in [0.3, 0.4) is 0 Å². The van der Waals surface area contributed by atoms with E-state index in [0.717, 1.165) is 0 Å². The summed E-state index contributed by atoms with van der Waals surface area (Å²) < 4.78 is 39.0. The molecule has 0 aromatic rings. The second-order valence-electron chi connectivity index (χ2n) is 6.59. The molecule has 5 atom stereocenters. The van der Waals surface area contributed by atoms with Crippen molar-refractivity contribution in [2.75, 3.05) is 6.61 Å². The average Bonchev–Trinajstić information content (AvgIpc) is 2.94. The van der Waals surface area contributed by atoms with E-state index in [1.54, 1.807) is 0 Å². The maximum Gasteiger partial charge on any atom is 0.344 e. The molecule has 0 aromatic heterocycles. The van der Waals surface area contributed by atoms with Gasteiger partial charge in [-0.15, -0.1) is 0 Å². The van der Waals surface area contributed by atoms with Crippen molar-refractivity contribution < 1.29 is 31.7 Å². The molecule has 0 amide bonds. The van der Waals surface area contributed by atoms with Crippen LogP contribution in [0.5, 0.6) is 0 Å². The zero-order valence-corrected chi connectivity index (χ0v) is 13.2. The molecule has 8 heteroatoms. The highest BCUT2D eigenvalue weighted by Gasteiger charge is 2.70. The third kappa shape index (κ3) is 2.25. The van der Waals surface area contributed by atoms with Crippen LogP contribution < -0.4 is 0 Å². The normalized spacial score (nSPS) is 40.5. The Kier molecular flexibility index (Phi) is 3.37. The largest absolute Gasteiger partial charge is 0.456 e. The van der Waals surface area contributed by atoms with Gasteiger partial charge in [-0.25, -0.2) is 9.59 Å². The number of carbonyl (C=O) groups is 2. The first kappa shape index (κ1) is 15.5. The van der Waals surface area contributed by atoms with Crippen molar-refractivity contribution in [1.82, 2.24) is 0 Å². The first-order chi connectivity index (χ1) is 10.1. The molecular formula is C14H18O7S. The van der Waals surface area contributed by atoms with Gasteiger partial charge < -0.3 is 9.47 Å². The van der Waals surface area contributed by atoms with Crippen LogP contribution in [-0.4, -0.2) is 44.4 Å². The number of carbonyl (C=O) groups excluding carboxylic acids is 2. The zero-order chi connectivity index (χ0) is 16.3. The molecule has 1 saturated heterocycles. The van der Waals surface area contributed by atoms with Gasteiger partial charge in [0.25, 0.3) is 10.1 Å². The summed E-state index contributed by atoms with van der Waals surface area (Å²) in [5.41, 5.74) is -0.217. The van der Waals surface area contributed by atoms with E-state index in [4.69, 9.17) is 13.7 Å². The molecular weight excluding hydrogens is 312 g/mol. The Morgan fingerprint density at radius 2 is 2.05 bits per heavy atom. The Balaban J connectivity index is 1.66. The molecule has 3 aliphatic rings. The summed E-state index contributed by atoms with van der Waals surface area (Å²) in [6, 6.07) is 0. The Bertz CT molecular complexity index is 652. The minimum Gasteiger partial charge on any atom is -0.456 e. The van der Waals surface area contributed by atoms with Crippen molar-refractivity contribution >= 4 is 22.1 Å². The van der Waals surface area contributed by atoms with Gasteiger partial charge in [0.1, 0.15) is 12.2 Å². The summed E-state index contributed by atoms with van der Waals surface area (Å²) in [7, 11) is -3.56. The monoisotopic (exact) mass is 330 g/mol. The molecule has 0 N–H and O–H groups in total. The molecule has 2 saturated carbocycles. The molecule has 5 unspecified atom stereocenters. The van der Waals surface area contributed by atoms with Crippen LogP contribution >= 0.6 is 0 Å². The number of fused-ring (bicyclic) bond motifs is 1. The minimum atomic E-state index is -3.56. The van der Waals surface area contributed by atoms with Crippen LogP contribution in [0.25, 0.3) is 0 Å². The molecule has 3 rings (SSSR count). The molecule has 0 spiro atoms. The van der Waals surface area contributed by atoms with E-state index in [1.165, 1.54) is 6.92 Å². The van der Waals surface area contributed by atoms with E-state index in [1.807, 2.05) is 6.92 Å². The van der Waals surface area contributed by atoms with Crippen LogP contribution in [-0.2, 0) is 33.4 Å². The van der Waals surface area contributed by atoms with E-state index < -0.39 is 51.5 Å². The first-order valence-electron chi connectivity index (χ1n) is 7.08. The molecule has 1 aliphatic heterocycles. The summed E-state index contributed by atoms with van der Waals surface area (Å²) in [5, 5.41) is -0.487. The van der Waals surface area contributed by atoms with Crippen LogP contribution in [0.15, 0.2) is 12.2 Å². The smallest absolute Gasteiger partial charge is 0.344 e. The Morgan fingerprint density at radius 3 is 2.68 bits per heavy atom. The van der Waals surface area contributed by atoms with Crippen LogP contribution in [0.1, 0.15) is 26.7 Å². The van der Waals surface area contributed by atoms with Gasteiger partial charge in [0.05, 0.1) is 5.25 Å². The number of rotatable bonds is 4. The number of hydrogen-bond donors (Lipinski definition) is 0. The van der Waals surface area contributed by atoms with Crippen molar-refractivity contribution in [3.05, 3.63) is 12.2 Å². The second kappa shape index (κ2) is 4.79. The molecule has 0 aromatic carbocycles. The van der Waals surface area contributed by atoms with Crippen molar-refractivity contribution in [2.24, 2.45) is 11.3 Å².